The molecular formula is C18H19F3N2O2S2. The van der Waals surface area contributed by atoms with Gasteiger partial charge in [-0.05, 0) is 48.0 Å². The average molecular weight is 416 g/mol. The number of rotatable bonds is 6. The van der Waals surface area contributed by atoms with E-state index < -0.39 is 15.5 Å². The van der Waals surface area contributed by atoms with Crippen LogP contribution in [0.1, 0.15) is 12.0 Å². The summed E-state index contributed by atoms with van der Waals surface area (Å²) in [5, 5.41) is 0. The van der Waals surface area contributed by atoms with Gasteiger partial charge in [-0.3, -0.25) is 4.90 Å². The highest BCUT2D eigenvalue weighted by atomic mass is 32.2. The fraction of sp³-hybridized carbons (Fsp3) is 0.333. The van der Waals surface area contributed by atoms with Gasteiger partial charge in [0.25, 0.3) is 0 Å². The number of thioether (sulfide) groups is 1. The van der Waals surface area contributed by atoms with Gasteiger partial charge in [-0.15, -0.1) is 0 Å². The highest BCUT2D eigenvalue weighted by Crippen LogP contribution is 2.37. The van der Waals surface area contributed by atoms with Gasteiger partial charge in [-0.2, -0.15) is 13.2 Å². The van der Waals surface area contributed by atoms with Crippen molar-refractivity contribution in [3.05, 3.63) is 60.2 Å². The quantitative estimate of drug-likeness (QED) is 0.727. The fourth-order valence-electron chi connectivity index (χ4n) is 3.02. The Balaban J connectivity index is 1.58. The van der Waals surface area contributed by atoms with Gasteiger partial charge in [-0.1, -0.05) is 30.3 Å². The summed E-state index contributed by atoms with van der Waals surface area (Å²) in [5.41, 5.74) is -3.23. The van der Waals surface area contributed by atoms with Crippen molar-refractivity contribution in [1.29, 1.82) is 0 Å². The van der Waals surface area contributed by atoms with Crippen LogP contribution in [0.3, 0.4) is 0 Å². The SMILES string of the molecule is O=S(=O)(NC1CCN(Cc2ccccc2)C1)c1ccc(SC(F)(F)F)cc1. The first-order chi connectivity index (χ1) is 12.7. The summed E-state index contributed by atoms with van der Waals surface area (Å²) in [6.45, 7) is 2.13. The van der Waals surface area contributed by atoms with Crippen molar-refractivity contribution in [2.24, 2.45) is 0 Å². The molecule has 27 heavy (non-hydrogen) atoms. The topological polar surface area (TPSA) is 49.4 Å². The average Bonchev–Trinajstić information content (AvgIpc) is 3.01. The Bertz CT molecular complexity index is 856. The normalized spacial score (nSPS) is 18.7. The van der Waals surface area contributed by atoms with Crippen LogP contribution in [-0.4, -0.2) is 38.0 Å². The van der Waals surface area contributed by atoms with Crippen molar-refractivity contribution in [1.82, 2.24) is 9.62 Å². The first kappa shape index (κ1) is 20.2. The largest absolute Gasteiger partial charge is 0.446 e. The summed E-state index contributed by atoms with van der Waals surface area (Å²) in [5.74, 6) is 0. The van der Waals surface area contributed by atoms with Crippen LogP contribution in [0.4, 0.5) is 13.2 Å². The molecule has 1 aliphatic heterocycles. The van der Waals surface area contributed by atoms with Gasteiger partial charge >= 0.3 is 5.51 Å². The molecule has 1 N–H and O–H groups in total. The third-order valence-electron chi connectivity index (χ3n) is 4.21. The van der Waals surface area contributed by atoms with Gasteiger partial charge in [0.15, 0.2) is 0 Å². The number of hydrogen-bond donors (Lipinski definition) is 1. The lowest BCUT2D eigenvalue weighted by molar-refractivity contribution is -0.0328. The van der Waals surface area contributed by atoms with Gasteiger partial charge in [0.1, 0.15) is 0 Å². The number of halogens is 3. The molecule has 4 nitrogen and oxygen atoms in total. The van der Waals surface area contributed by atoms with Crippen LogP contribution in [-0.2, 0) is 16.6 Å². The molecule has 9 heteroatoms. The van der Waals surface area contributed by atoms with Crippen molar-refractivity contribution in [3.8, 4) is 0 Å². The molecule has 1 heterocycles. The molecule has 146 valence electrons. The van der Waals surface area contributed by atoms with E-state index in [0.29, 0.717) is 13.0 Å². The number of benzene rings is 2. The van der Waals surface area contributed by atoms with Crippen LogP contribution in [0.5, 0.6) is 0 Å². The molecule has 0 bridgehead atoms. The van der Waals surface area contributed by atoms with E-state index in [-0.39, 0.29) is 27.6 Å². The summed E-state index contributed by atoms with van der Waals surface area (Å²) < 4.78 is 64.7. The van der Waals surface area contributed by atoms with Gasteiger partial charge in [0.2, 0.25) is 10.0 Å². The first-order valence-corrected chi connectivity index (χ1v) is 10.7. The minimum Gasteiger partial charge on any atom is -0.297 e. The summed E-state index contributed by atoms with van der Waals surface area (Å²) in [4.78, 5) is 2.10. The van der Waals surface area contributed by atoms with E-state index in [1.54, 1.807) is 0 Å². The summed E-state index contributed by atoms with van der Waals surface area (Å²) in [7, 11) is -3.77. The third-order valence-corrected chi connectivity index (χ3v) is 6.49. The molecule has 2 aromatic carbocycles. The molecule has 0 aromatic heterocycles. The number of hydrogen-bond acceptors (Lipinski definition) is 4. The molecule has 0 amide bonds. The fourth-order valence-corrected chi connectivity index (χ4v) is 4.82. The summed E-state index contributed by atoms with van der Waals surface area (Å²) in [6, 6.07) is 14.5. The standard InChI is InChI=1S/C18H19F3N2O2S2/c19-18(20,21)26-16-6-8-17(9-7-16)27(24,25)22-15-10-11-23(13-15)12-14-4-2-1-3-5-14/h1-9,15,22H,10-13H2. The van der Waals surface area contributed by atoms with Crippen LogP contribution in [0, 0.1) is 0 Å². The third kappa shape index (κ3) is 5.97. The van der Waals surface area contributed by atoms with Gasteiger partial charge in [-0.25, -0.2) is 13.1 Å². The molecular weight excluding hydrogens is 397 g/mol. The molecule has 1 saturated heterocycles. The molecule has 1 fully saturated rings. The number of likely N-dealkylation sites (tertiary alicyclic amines) is 1. The molecule has 0 aliphatic carbocycles. The predicted octanol–water partition coefficient (Wildman–Crippen LogP) is 3.85. The Hall–Kier alpha value is -1.55. The molecule has 1 aliphatic rings. The molecule has 1 atom stereocenters. The molecule has 0 radical (unpaired) electrons. The van der Waals surface area contributed by atoms with Crippen molar-refractivity contribution in [2.45, 2.75) is 34.3 Å². The smallest absolute Gasteiger partial charge is 0.297 e. The molecule has 3 rings (SSSR count). The first-order valence-electron chi connectivity index (χ1n) is 8.36. The highest BCUT2D eigenvalue weighted by Gasteiger charge is 2.30. The Labute approximate surface area is 160 Å². The molecule has 0 saturated carbocycles. The van der Waals surface area contributed by atoms with Crippen molar-refractivity contribution in [2.75, 3.05) is 13.1 Å². The second-order valence-electron chi connectivity index (χ2n) is 6.35. The number of nitrogens with one attached hydrogen (secondary N) is 1. The van der Waals surface area contributed by atoms with E-state index in [1.807, 2.05) is 30.3 Å². The maximum absolute atomic E-state index is 12.5. The Morgan fingerprint density at radius 2 is 1.74 bits per heavy atom. The summed E-state index contributed by atoms with van der Waals surface area (Å²) >= 11 is -0.268. The zero-order valence-electron chi connectivity index (χ0n) is 14.3. The second-order valence-corrected chi connectivity index (χ2v) is 9.20. The van der Waals surface area contributed by atoms with Gasteiger partial charge < -0.3 is 0 Å². The Morgan fingerprint density at radius 3 is 2.37 bits per heavy atom. The highest BCUT2D eigenvalue weighted by molar-refractivity contribution is 8.00. The maximum Gasteiger partial charge on any atom is 0.446 e. The van der Waals surface area contributed by atoms with Gasteiger partial charge in [0, 0.05) is 30.6 Å². The minimum absolute atomic E-state index is 0.0319. The van der Waals surface area contributed by atoms with Crippen molar-refractivity contribution in [3.63, 3.8) is 0 Å². The molecule has 0 spiro atoms. The lowest BCUT2D eigenvalue weighted by Crippen LogP contribution is -2.36. The second kappa shape index (κ2) is 8.22. The number of nitrogens with zero attached hydrogens (tertiary/aromatic N) is 1. The zero-order chi connectivity index (χ0) is 19.5. The predicted molar refractivity (Wildman–Crippen MR) is 98.8 cm³/mol. The van der Waals surface area contributed by atoms with Crippen LogP contribution < -0.4 is 4.72 Å². The van der Waals surface area contributed by atoms with Crippen LogP contribution >= 0.6 is 11.8 Å². The summed E-state index contributed by atoms with van der Waals surface area (Å²) in [6.07, 6.45) is 0.689. The van der Waals surface area contributed by atoms with E-state index >= 15 is 0 Å². The van der Waals surface area contributed by atoms with E-state index in [2.05, 4.69) is 9.62 Å². The molecule has 1 unspecified atom stereocenters. The van der Waals surface area contributed by atoms with Gasteiger partial charge in [0.05, 0.1) is 4.90 Å². The monoisotopic (exact) mass is 416 g/mol. The lowest BCUT2D eigenvalue weighted by atomic mass is 10.2. The lowest BCUT2D eigenvalue weighted by Gasteiger charge is -2.17. The van der Waals surface area contributed by atoms with E-state index in [0.717, 1.165) is 13.1 Å². The molecule has 2 aromatic rings. The number of sulfonamides is 1. The zero-order valence-corrected chi connectivity index (χ0v) is 15.9. The Kier molecular flexibility index (Phi) is 6.15. The maximum atomic E-state index is 12.5. The van der Waals surface area contributed by atoms with Crippen LogP contribution in [0.2, 0.25) is 0 Å². The van der Waals surface area contributed by atoms with Crippen molar-refractivity contribution >= 4 is 21.8 Å². The van der Waals surface area contributed by atoms with E-state index in [4.69, 9.17) is 0 Å². The number of alkyl halides is 3. The van der Waals surface area contributed by atoms with Crippen molar-refractivity contribution < 1.29 is 21.6 Å². The van der Waals surface area contributed by atoms with E-state index in [1.165, 1.54) is 29.8 Å². The Morgan fingerprint density at radius 1 is 1.07 bits per heavy atom. The minimum atomic E-state index is -4.40. The van der Waals surface area contributed by atoms with Crippen LogP contribution in [0.15, 0.2) is 64.4 Å². The van der Waals surface area contributed by atoms with E-state index in [9.17, 15) is 21.6 Å². The van der Waals surface area contributed by atoms with Crippen LogP contribution in [0.25, 0.3) is 0 Å².